The fourth-order valence-corrected chi connectivity index (χ4v) is 5.26. The highest BCUT2D eigenvalue weighted by molar-refractivity contribution is 5.93. The molecular weight excluding hydrogens is 418 g/mol. The summed E-state index contributed by atoms with van der Waals surface area (Å²) in [6.45, 7) is 5.06. The van der Waals surface area contributed by atoms with Crippen LogP contribution in [0, 0.1) is 24.2 Å². The molecule has 0 spiro atoms. The maximum atomic E-state index is 12.9. The number of nitrogens with zero attached hydrogens (tertiary/aromatic N) is 4. The number of carbonyl (C=O) groups excluding carboxylic acids is 1. The van der Waals surface area contributed by atoms with Gasteiger partial charge in [0.2, 0.25) is 0 Å². The van der Waals surface area contributed by atoms with Gasteiger partial charge >= 0.3 is 0 Å². The van der Waals surface area contributed by atoms with Gasteiger partial charge in [0.25, 0.3) is 5.91 Å². The van der Waals surface area contributed by atoms with E-state index in [0.717, 1.165) is 56.8 Å². The number of pyridine rings is 2. The molecule has 0 radical (unpaired) electrons. The average Bonchev–Trinajstić information content (AvgIpc) is 3.28. The number of hydrogen-bond donors (Lipinski definition) is 3. The van der Waals surface area contributed by atoms with Crippen LogP contribution in [0.1, 0.15) is 52.5 Å². The Hall–Kier alpha value is -3.06. The molecule has 1 amide bonds. The van der Waals surface area contributed by atoms with Crippen LogP contribution >= 0.6 is 0 Å². The van der Waals surface area contributed by atoms with E-state index in [0.29, 0.717) is 28.8 Å². The summed E-state index contributed by atoms with van der Waals surface area (Å²) in [6, 6.07) is 6.58. The summed E-state index contributed by atoms with van der Waals surface area (Å²) in [5.74, 6) is 0.174. The van der Waals surface area contributed by atoms with Crippen molar-refractivity contribution < 1.29 is 9.53 Å². The first kappa shape index (κ1) is 21.8. The number of morpholine rings is 1. The summed E-state index contributed by atoms with van der Waals surface area (Å²) in [6.07, 6.45) is 8.08. The molecule has 9 heteroatoms. The van der Waals surface area contributed by atoms with E-state index < -0.39 is 0 Å². The Kier molecular flexibility index (Phi) is 6.22. The van der Waals surface area contributed by atoms with Crippen molar-refractivity contribution in [3.63, 3.8) is 0 Å². The van der Waals surface area contributed by atoms with Crippen LogP contribution in [0.5, 0.6) is 0 Å². The lowest BCUT2D eigenvalue weighted by molar-refractivity contribution is 0.0909. The molecule has 3 fully saturated rings. The number of aryl methyl sites for hydroxylation is 1. The number of ether oxygens (including phenoxy) is 1. The van der Waals surface area contributed by atoms with E-state index in [-0.39, 0.29) is 18.0 Å². The van der Waals surface area contributed by atoms with Crippen molar-refractivity contribution in [3.8, 4) is 6.07 Å². The molecule has 2 saturated heterocycles. The summed E-state index contributed by atoms with van der Waals surface area (Å²) < 4.78 is 5.48. The Labute approximate surface area is 193 Å². The second-order valence-corrected chi connectivity index (χ2v) is 9.10. The molecule has 0 aromatic carbocycles. The molecule has 2 aromatic rings. The Balaban J connectivity index is 1.27. The van der Waals surface area contributed by atoms with Crippen molar-refractivity contribution in [3.05, 3.63) is 53.1 Å². The third-order valence-electron chi connectivity index (χ3n) is 6.99. The molecule has 3 N–H and O–H groups in total. The number of fused-ring (bicyclic) bond motifs is 1. The van der Waals surface area contributed by atoms with Gasteiger partial charge in [0.15, 0.2) is 0 Å². The fraction of sp³-hybridized carbons (Fsp3) is 0.500. The third kappa shape index (κ3) is 4.55. The van der Waals surface area contributed by atoms with Crippen LogP contribution < -0.4 is 21.1 Å². The van der Waals surface area contributed by atoms with Crippen molar-refractivity contribution in [2.24, 2.45) is 5.92 Å². The van der Waals surface area contributed by atoms with Gasteiger partial charge in [-0.1, -0.05) is 0 Å². The zero-order valence-electron chi connectivity index (χ0n) is 18.8. The van der Waals surface area contributed by atoms with Gasteiger partial charge in [-0.15, -0.1) is 0 Å². The topological polar surface area (TPSA) is 115 Å². The number of hydrogen-bond acceptors (Lipinski definition) is 8. The molecule has 2 aliphatic heterocycles. The molecule has 1 saturated carbocycles. The molecule has 9 nitrogen and oxygen atoms in total. The van der Waals surface area contributed by atoms with E-state index in [1.807, 2.05) is 19.3 Å². The summed E-state index contributed by atoms with van der Waals surface area (Å²) in [5.41, 5.74) is 10.8. The number of aromatic nitrogens is 2. The van der Waals surface area contributed by atoms with E-state index >= 15 is 0 Å². The van der Waals surface area contributed by atoms with E-state index in [1.54, 1.807) is 6.07 Å². The van der Waals surface area contributed by atoms with Crippen LogP contribution in [-0.4, -0.2) is 54.3 Å². The molecule has 172 valence electrons. The van der Waals surface area contributed by atoms with Crippen LogP contribution in [0.2, 0.25) is 0 Å². The molecule has 1 aliphatic carbocycles. The molecular formula is C24H29N7O2. The monoisotopic (exact) mass is 447 g/mol. The lowest BCUT2D eigenvalue weighted by Crippen LogP contribution is -2.44. The van der Waals surface area contributed by atoms with Crippen molar-refractivity contribution in [2.45, 2.75) is 44.3 Å². The Morgan fingerprint density at radius 1 is 1.21 bits per heavy atom. The molecule has 33 heavy (non-hydrogen) atoms. The standard InChI is InChI=1S/C24H29N7O2/c1-15-8-16(11-25)12-27-22(15)24(32)28-18-2-3-21-20(10-18)23(30-29-21)17-9-19(14-26-13-17)31-4-6-33-7-5-31/h8-9,12-14,18,20-21,23,29-30H,2-7,10H2,1H3,(H,28,32). The van der Waals surface area contributed by atoms with Gasteiger partial charge in [-0.05, 0) is 55.4 Å². The predicted octanol–water partition coefficient (Wildman–Crippen LogP) is 1.61. The molecule has 0 bridgehead atoms. The summed E-state index contributed by atoms with van der Waals surface area (Å²) >= 11 is 0. The zero-order chi connectivity index (χ0) is 22.8. The minimum absolute atomic E-state index is 0.0789. The van der Waals surface area contributed by atoms with Crippen LogP contribution in [0.25, 0.3) is 0 Å². The molecule has 3 aliphatic rings. The first-order valence-corrected chi connectivity index (χ1v) is 11.6. The second kappa shape index (κ2) is 9.43. The van der Waals surface area contributed by atoms with Crippen molar-refractivity contribution in [1.29, 1.82) is 5.26 Å². The number of nitrogens with one attached hydrogen (secondary N) is 3. The lowest BCUT2D eigenvalue weighted by Gasteiger charge is -2.34. The predicted molar refractivity (Wildman–Crippen MR) is 122 cm³/mol. The van der Waals surface area contributed by atoms with Crippen LogP contribution in [-0.2, 0) is 4.74 Å². The van der Waals surface area contributed by atoms with Gasteiger partial charge in [0, 0.05) is 37.6 Å². The van der Waals surface area contributed by atoms with Gasteiger partial charge in [-0.3, -0.25) is 15.2 Å². The Bertz CT molecular complexity index is 1060. The van der Waals surface area contributed by atoms with E-state index in [2.05, 4.69) is 43.2 Å². The maximum Gasteiger partial charge on any atom is 0.270 e. The highest BCUT2D eigenvalue weighted by Crippen LogP contribution is 2.38. The minimum Gasteiger partial charge on any atom is -0.378 e. The SMILES string of the molecule is Cc1cc(C#N)cnc1C(=O)NC1CCC2NNC(c3cncc(N4CCOCC4)c3)C2C1. The van der Waals surface area contributed by atoms with Gasteiger partial charge in [0.1, 0.15) is 11.8 Å². The highest BCUT2D eigenvalue weighted by Gasteiger charge is 2.41. The number of nitriles is 1. The molecule has 2 aromatic heterocycles. The van der Waals surface area contributed by atoms with Crippen molar-refractivity contribution in [1.82, 2.24) is 26.1 Å². The Morgan fingerprint density at radius 3 is 2.85 bits per heavy atom. The Morgan fingerprint density at radius 2 is 2.06 bits per heavy atom. The average molecular weight is 448 g/mol. The number of anilines is 1. The summed E-state index contributed by atoms with van der Waals surface area (Å²) in [7, 11) is 0. The van der Waals surface area contributed by atoms with E-state index in [1.165, 1.54) is 6.20 Å². The summed E-state index contributed by atoms with van der Waals surface area (Å²) in [4.78, 5) is 23.9. The normalized spacial score (nSPS) is 27.0. The number of rotatable bonds is 4. The van der Waals surface area contributed by atoms with Crippen LogP contribution in [0.15, 0.2) is 30.7 Å². The third-order valence-corrected chi connectivity index (χ3v) is 6.99. The van der Waals surface area contributed by atoms with E-state index in [9.17, 15) is 4.79 Å². The molecule has 5 rings (SSSR count). The van der Waals surface area contributed by atoms with Gasteiger partial charge in [-0.25, -0.2) is 10.4 Å². The largest absolute Gasteiger partial charge is 0.378 e. The number of hydrazine groups is 1. The lowest BCUT2D eigenvalue weighted by atomic mass is 9.77. The smallest absolute Gasteiger partial charge is 0.270 e. The number of carbonyl (C=O) groups is 1. The summed E-state index contributed by atoms with van der Waals surface area (Å²) in [5, 5.41) is 12.2. The zero-order valence-corrected chi connectivity index (χ0v) is 18.8. The molecule has 4 unspecified atom stereocenters. The van der Waals surface area contributed by atoms with Crippen LogP contribution in [0.3, 0.4) is 0 Å². The maximum absolute atomic E-state index is 12.9. The van der Waals surface area contributed by atoms with Crippen LogP contribution in [0.4, 0.5) is 5.69 Å². The first-order valence-electron chi connectivity index (χ1n) is 11.6. The number of amides is 1. The van der Waals surface area contributed by atoms with Gasteiger partial charge in [-0.2, -0.15) is 5.26 Å². The second-order valence-electron chi connectivity index (χ2n) is 9.10. The quantitative estimate of drug-likeness (QED) is 0.648. The van der Waals surface area contributed by atoms with E-state index in [4.69, 9.17) is 10.00 Å². The van der Waals surface area contributed by atoms with Crippen molar-refractivity contribution in [2.75, 3.05) is 31.2 Å². The van der Waals surface area contributed by atoms with Gasteiger partial charge in [0.05, 0.1) is 36.7 Å². The highest BCUT2D eigenvalue weighted by atomic mass is 16.5. The van der Waals surface area contributed by atoms with Crippen molar-refractivity contribution >= 4 is 11.6 Å². The first-order chi connectivity index (χ1) is 16.1. The molecule has 4 atom stereocenters. The molecule has 4 heterocycles. The fourth-order valence-electron chi connectivity index (χ4n) is 5.26. The minimum atomic E-state index is -0.174. The van der Waals surface area contributed by atoms with Gasteiger partial charge < -0.3 is 15.0 Å².